The molecule has 0 aliphatic heterocycles. The summed E-state index contributed by atoms with van der Waals surface area (Å²) >= 11 is 0. The molecule has 13 rings (SSSR count). The number of anilines is 3. The van der Waals surface area contributed by atoms with Crippen LogP contribution in [0.5, 0.6) is 0 Å². The minimum absolute atomic E-state index is 1.13. The highest BCUT2D eigenvalue weighted by Crippen LogP contribution is 2.50. The third-order valence-electron chi connectivity index (χ3n) is 11.9. The van der Waals surface area contributed by atoms with Gasteiger partial charge in [0.15, 0.2) is 0 Å². The van der Waals surface area contributed by atoms with Gasteiger partial charge in [-0.25, -0.2) is 0 Å². The van der Waals surface area contributed by atoms with E-state index in [1.807, 2.05) is 0 Å². The van der Waals surface area contributed by atoms with Crippen LogP contribution < -0.4 is 4.90 Å². The van der Waals surface area contributed by atoms with Crippen LogP contribution in [0.25, 0.3) is 97.7 Å². The van der Waals surface area contributed by atoms with E-state index in [-0.39, 0.29) is 0 Å². The Kier molecular flexibility index (Phi) is 5.11. The van der Waals surface area contributed by atoms with Crippen molar-refractivity contribution in [2.24, 2.45) is 0 Å². The fourth-order valence-electron chi connectivity index (χ4n) is 9.78. The van der Waals surface area contributed by atoms with E-state index < -0.39 is 0 Å². The van der Waals surface area contributed by atoms with Gasteiger partial charge in [-0.3, -0.25) is 0 Å². The number of hydrogen-bond donors (Lipinski definition) is 0. The molecule has 53 heavy (non-hydrogen) atoms. The van der Waals surface area contributed by atoms with Gasteiger partial charge in [-0.15, -0.1) is 0 Å². The summed E-state index contributed by atoms with van der Waals surface area (Å²) in [5.74, 6) is 0. The second-order valence-electron chi connectivity index (χ2n) is 14.5. The quantitative estimate of drug-likeness (QED) is 0.182. The molecule has 13 aromatic rings. The lowest BCUT2D eigenvalue weighted by atomic mass is 9.99. The summed E-state index contributed by atoms with van der Waals surface area (Å²) in [6.45, 7) is 0. The Morgan fingerprint density at radius 2 is 0.811 bits per heavy atom. The molecule has 244 valence electrons. The van der Waals surface area contributed by atoms with Crippen LogP contribution in [0.15, 0.2) is 176 Å². The highest BCUT2D eigenvalue weighted by molar-refractivity contribution is 6.34. The average molecular weight is 672 g/mol. The first-order valence-electron chi connectivity index (χ1n) is 18.4. The molecule has 4 aromatic heterocycles. The number of fused-ring (bicyclic) bond motifs is 15. The second-order valence-corrected chi connectivity index (χ2v) is 14.5. The van der Waals surface area contributed by atoms with Crippen molar-refractivity contribution < 1.29 is 0 Å². The summed E-state index contributed by atoms with van der Waals surface area (Å²) < 4.78 is 5.11. The fourth-order valence-corrected chi connectivity index (χ4v) is 9.78. The minimum atomic E-state index is 1.13. The molecule has 0 amide bonds. The summed E-state index contributed by atoms with van der Waals surface area (Å²) in [5.41, 5.74) is 11.0. The molecule has 0 spiro atoms. The zero-order valence-electron chi connectivity index (χ0n) is 28.6. The van der Waals surface area contributed by atoms with E-state index in [0.29, 0.717) is 0 Å². The Morgan fingerprint density at radius 3 is 1.53 bits per heavy atom. The van der Waals surface area contributed by atoms with Gasteiger partial charge in [0, 0.05) is 59.9 Å². The van der Waals surface area contributed by atoms with Gasteiger partial charge in [0.05, 0.1) is 38.8 Å². The van der Waals surface area contributed by atoms with E-state index in [9.17, 15) is 0 Å². The monoisotopic (exact) mass is 671 g/mol. The van der Waals surface area contributed by atoms with Crippen molar-refractivity contribution >= 4 is 115 Å². The molecule has 9 aromatic carbocycles. The van der Waals surface area contributed by atoms with Crippen molar-refractivity contribution in [1.82, 2.24) is 8.80 Å². The predicted octanol–water partition coefficient (Wildman–Crippen LogP) is 13.8. The van der Waals surface area contributed by atoms with Crippen LogP contribution in [0.2, 0.25) is 0 Å². The van der Waals surface area contributed by atoms with Crippen LogP contribution in [-0.2, 0) is 0 Å². The van der Waals surface area contributed by atoms with Gasteiger partial charge in [-0.1, -0.05) is 121 Å². The van der Waals surface area contributed by atoms with E-state index >= 15 is 0 Å². The molecule has 0 aliphatic rings. The molecule has 0 aliphatic carbocycles. The molecule has 0 fully saturated rings. The molecule has 0 saturated carbocycles. The Hall–Kier alpha value is -7.10. The molecule has 4 heterocycles. The predicted molar refractivity (Wildman–Crippen MR) is 225 cm³/mol. The van der Waals surface area contributed by atoms with E-state index in [4.69, 9.17) is 0 Å². The standard InChI is InChI=1S/C50H29N3/c1-3-16-32(17-4-1)51(33-18-5-2-6-19-33)49-35-21-10-8-15-31(35)27-41-37-24-13-23-36-39-28-44-40(29-45(39)53(47(36)37)50(41)49)42-26-30-14-7-9-20-34(30)46-38-22-11-12-25-43(38)52(44)48(42)46/h1-29H. The van der Waals surface area contributed by atoms with Gasteiger partial charge < -0.3 is 13.7 Å². The number of aromatic nitrogens is 2. The Balaban J connectivity index is 1.27. The summed E-state index contributed by atoms with van der Waals surface area (Å²) in [6.07, 6.45) is 0. The summed E-state index contributed by atoms with van der Waals surface area (Å²) in [5, 5.41) is 15.4. The van der Waals surface area contributed by atoms with Gasteiger partial charge >= 0.3 is 0 Å². The van der Waals surface area contributed by atoms with Crippen molar-refractivity contribution in [2.45, 2.75) is 0 Å². The molecule has 0 bridgehead atoms. The molecule has 0 atom stereocenters. The summed E-state index contributed by atoms with van der Waals surface area (Å²) in [7, 11) is 0. The minimum Gasteiger partial charge on any atom is -0.308 e. The summed E-state index contributed by atoms with van der Waals surface area (Å²) in [4.78, 5) is 2.46. The van der Waals surface area contributed by atoms with Gasteiger partial charge in [0.25, 0.3) is 0 Å². The van der Waals surface area contributed by atoms with Crippen molar-refractivity contribution in [2.75, 3.05) is 4.90 Å². The third kappa shape index (κ3) is 3.40. The highest BCUT2D eigenvalue weighted by Gasteiger charge is 2.27. The third-order valence-corrected chi connectivity index (χ3v) is 11.9. The van der Waals surface area contributed by atoms with Crippen molar-refractivity contribution in [1.29, 1.82) is 0 Å². The molecular formula is C50H29N3. The topological polar surface area (TPSA) is 12.1 Å². The van der Waals surface area contributed by atoms with Gasteiger partial charge in [0.1, 0.15) is 0 Å². The maximum Gasteiger partial charge on any atom is 0.0789 e. The lowest BCUT2D eigenvalue weighted by molar-refractivity contribution is 1.28. The van der Waals surface area contributed by atoms with Crippen LogP contribution in [0, 0.1) is 0 Å². The Bertz CT molecular complexity index is 3570. The van der Waals surface area contributed by atoms with E-state index in [1.165, 1.54) is 103 Å². The number of para-hydroxylation sites is 4. The Morgan fingerprint density at radius 1 is 0.302 bits per heavy atom. The van der Waals surface area contributed by atoms with E-state index in [1.54, 1.807) is 0 Å². The molecule has 0 N–H and O–H groups in total. The normalized spacial score (nSPS) is 12.5. The zero-order valence-corrected chi connectivity index (χ0v) is 28.6. The second kappa shape index (κ2) is 9.81. The SMILES string of the molecule is c1ccc(N(c2ccccc2)c2c3ccccc3cc3c4cccc5c6cc7c(cc6n(c23)c54)c2cc3ccccc3c3c4ccccc4n7c23)cc1. The number of rotatable bonds is 3. The van der Waals surface area contributed by atoms with Crippen LogP contribution >= 0.6 is 0 Å². The zero-order chi connectivity index (χ0) is 34.4. The largest absolute Gasteiger partial charge is 0.308 e. The van der Waals surface area contributed by atoms with E-state index in [0.717, 1.165) is 11.4 Å². The maximum absolute atomic E-state index is 2.58. The van der Waals surface area contributed by atoms with E-state index in [2.05, 4.69) is 190 Å². The number of benzene rings is 9. The molecule has 0 radical (unpaired) electrons. The molecule has 0 saturated heterocycles. The number of nitrogens with zero attached hydrogens (tertiary/aromatic N) is 3. The van der Waals surface area contributed by atoms with Gasteiger partial charge in [-0.05, 0) is 70.8 Å². The maximum atomic E-state index is 2.58. The van der Waals surface area contributed by atoms with Crippen LogP contribution in [0.4, 0.5) is 17.1 Å². The Labute approximate surface area is 303 Å². The lowest BCUT2D eigenvalue weighted by Gasteiger charge is -2.28. The molecule has 3 nitrogen and oxygen atoms in total. The van der Waals surface area contributed by atoms with Crippen LogP contribution in [-0.4, -0.2) is 8.80 Å². The van der Waals surface area contributed by atoms with Gasteiger partial charge in [-0.2, -0.15) is 0 Å². The smallest absolute Gasteiger partial charge is 0.0789 e. The van der Waals surface area contributed by atoms with Crippen molar-refractivity contribution in [3.63, 3.8) is 0 Å². The fraction of sp³-hybridized carbons (Fsp3) is 0. The first kappa shape index (κ1) is 27.6. The first-order chi connectivity index (χ1) is 26.3. The van der Waals surface area contributed by atoms with Crippen LogP contribution in [0.1, 0.15) is 0 Å². The number of hydrogen-bond acceptors (Lipinski definition) is 1. The van der Waals surface area contributed by atoms with Gasteiger partial charge in [0.2, 0.25) is 0 Å². The van der Waals surface area contributed by atoms with Crippen molar-refractivity contribution in [3.8, 4) is 0 Å². The van der Waals surface area contributed by atoms with Crippen molar-refractivity contribution in [3.05, 3.63) is 176 Å². The summed E-state index contributed by atoms with van der Waals surface area (Å²) in [6, 6.07) is 65.0. The first-order valence-corrected chi connectivity index (χ1v) is 18.4. The molecule has 0 unspecified atom stereocenters. The highest BCUT2D eigenvalue weighted by atomic mass is 15.2. The lowest BCUT2D eigenvalue weighted by Crippen LogP contribution is -2.11. The average Bonchev–Trinajstić information content (AvgIpc) is 3.94. The van der Waals surface area contributed by atoms with Crippen LogP contribution in [0.3, 0.4) is 0 Å². The molecule has 3 heteroatoms. The molecular weight excluding hydrogens is 643 g/mol.